The van der Waals surface area contributed by atoms with Crippen LogP contribution in [0.4, 0.5) is 16.2 Å². The van der Waals surface area contributed by atoms with E-state index in [4.69, 9.17) is 14.2 Å². The molecule has 0 bridgehead atoms. The fourth-order valence-corrected chi connectivity index (χ4v) is 4.48. The zero-order chi connectivity index (χ0) is 25.2. The van der Waals surface area contributed by atoms with Gasteiger partial charge in [0.15, 0.2) is 0 Å². The van der Waals surface area contributed by atoms with Crippen LogP contribution >= 0.6 is 11.8 Å². The van der Waals surface area contributed by atoms with Crippen LogP contribution in [0.15, 0.2) is 88.7 Å². The van der Waals surface area contributed by atoms with Gasteiger partial charge in [0.05, 0.1) is 11.4 Å². The number of ether oxygens (including phenoxy) is 3. The second-order valence-corrected chi connectivity index (χ2v) is 10.2. The van der Waals surface area contributed by atoms with E-state index in [0.29, 0.717) is 35.1 Å². The number of fused-ring (bicyclic) bond motifs is 2. The number of carbonyl (C=O) groups excluding carboxylic acids is 2. The number of anilines is 2. The number of rotatable bonds is 5. The van der Waals surface area contributed by atoms with E-state index in [0.717, 1.165) is 15.4 Å². The second kappa shape index (κ2) is 9.88. The zero-order valence-corrected chi connectivity index (χ0v) is 21.0. The molecule has 0 N–H and O–H groups in total. The van der Waals surface area contributed by atoms with Crippen molar-refractivity contribution in [3.63, 3.8) is 0 Å². The molecule has 0 spiro atoms. The van der Waals surface area contributed by atoms with Crippen LogP contribution in [0, 0.1) is 0 Å². The first-order valence-corrected chi connectivity index (χ1v) is 12.0. The molecule has 3 aromatic rings. The normalized spacial score (nSPS) is 12.3. The van der Waals surface area contributed by atoms with E-state index >= 15 is 0 Å². The Kier molecular flexibility index (Phi) is 6.89. The maximum atomic E-state index is 13.3. The SMILES string of the molecule is C=C(C)C(=O)Oc1ccc2c(c1)Sc1cc(OCc3ccccc3)ccc1N2C(=O)OC(C)(C)C. The second-order valence-electron chi connectivity index (χ2n) is 9.12. The summed E-state index contributed by atoms with van der Waals surface area (Å²) in [7, 11) is 0. The lowest BCUT2D eigenvalue weighted by molar-refractivity contribution is -0.130. The van der Waals surface area contributed by atoms with Gasteiger partial charge >= 0.3 is 12.1 Å². The van der Waals surface area contributed by atoms with E-state index in [9.17, 15) is 9.59 Å². The van der Waals surface area contributed by atoms with Crippen molar-refractivity contribution >= 4 is 35.2 Å². The van der Waals surface area contributed by atoms with Crippen LogP contribution in [0.25, 0.3) is 0 Å². The van der Waals surface area contributed by atoms with E-state index in [1.165, 1.54) is 16.7 Å². The molecule has 1 amide bonds. The lowest BCUT2D eigenvalue weighted by Crippen LogP contribution is -2.35. The minimum atomic E-state index is -0.669. The standard InChI is InChI=1S/C28H27NO5S/c1-18(2)26(30)33-21-12-14-23-25(16-21)35-24-15-20(32-17-19-9-7-6-8-10-19)11-13-22(24)29(23)27(31)34-28(3,4)5/h6-16H,1,17H2,2-5H3. The number of nitrogens with zero attached hydrogens (tertiary/aromatic N) is 1. The van der Waals surface area contributed by atoms with Crippen molar-refractivity contribution in [2.45, 2.75) is 49.7 Å². The molecule has 0 fully saturated rings. The molecule has 7 heteroatoms. The Hall–Kier alpha value is -3.71. The summed E-state index contributed by atoms with van der Waals surface area (Å²) in [5.41, 5.74) is 2.02. The van der Waals surface area contributed by atoms with Crippen LogP contribution in [0.3, 0.4) is 0 Å². The molecule has 1 aliphatic heterocycles. The Bertz CT molecular complexity index is 1280. The summed E-state index contributed by atoms with van der Waals surface area (Å²) in [6, 6.07) is 20.6. The van der Waals surface area contributed by atoms with Gasteiger partial charge in [0, 0.05) is 15.4 Å². The fourth-order valence-electron chi connectivity index (χ4n) is 3.36. The molecule has 0 saturated heterocycles. The smallest absolute Gasteiger partial charge is 0.419 e. The largest absolute Gasteiger partial charge is 0.489 e. The molecule has 0 unspecified atom stereocenters. The Labute approximate surface area is 209 Å². The van der Waals surface area contributed by atoms with Crippen molar-refractivity contribution < 1.29 is 23.8 Å². The minimum Gasteiger partial charge on any atom is -0.489 e. The van der Waals surface area contributed by atoms with Crippen molar-refractivity contribution in [1.29, 1.82) is 0 Å². The Balaban J connectivity index is 1.68. The quantitative estimate of drug-likeness (QED) is 0.213. The van der Waals surface area contributed by atoms with Gasteiger partial charge in [0.1, 0.15) is 23.7 Å². The highest BCUT2D eigenvalue weighted by Crippen LogP contribution is 2.50. The summed E-state index contributed by atoms with van der Waals surface area (Å²) in [5, 5.41) is 0. The third-order valence-electron chi connectivity index (χ3n) is 4.95. The molecule has 3 aromatic carbocycles. The van der Waals surface area contributed by atoms with Crippen LogP contribution < -0.4 is 14.4 Å². The highest BCUT2D eigenvalue weighted by atomic mass is 32.2. The maximum Gasteiger partial charge on any atom is 0.419 e. The van der Waals surface area contributed by atoms with Crippen LogP contribution in [-0.4, -0.2) is 17.7 Å². The van der Waals surface area contributed by atoms with Gasteiger partial charge < -0.3 is 14.2 Å². The Morgan fingerprint density at radius 3 is 2.11 bits per heavy atom. The molecule has 180 valence electrons. The van der Waals surface area contributed by atoms with Crippen molar-refractivity contribution in [3.8, 4) is 11.5 Å². The van der Waals surface area contributed by atoms with Gasteiger partial charge in [0.2, 0.25) is 0 Å². The van der Waals surface area contributed by atoms with Crippen LogP contribution in [-0.2, 0) is 16.1 Å². The highest BCUT2D eigenvalue weighted by molar-refractivity contribution is 7.99. The van der Waals surface area contributed by atoms with E-state index < -0.39 is 17.7 Å². The number of carbonyl (C=O) groups is 2. The number of esters is 1. The molecular weight excluding hydrogens is 462 g/mol. The summed E-state index contributed by atoms with van der Waals surface area (Å²) < 4.78 is 17.1. The van der Waals surface area contributed by atoms with Gasteiger partial charge in [-0.1, -0.05) is 48.7 Å². The molecule has 1 heterocycles. The number of hydrogen-bond donors (Lipinski definition) is 0. The van der Waals surface area contributed by atoms with Crippen LogP contribution in [0.2, 0.25) is 0 Å². The average Bonchev–Trinajstić information content (AvgIpc) is 2.80. The van der Waals surface area contributed by atoms with E-state index in [2.05, 4.69) is 6.58 Å². The number of amides is 1. The predicted molar refractivity (Wildman–Crippen MR) is 137 cm³/mol. The summed E-state index contributed by atoms with van der Waals surface area (Å²) in [6.45, 7) is 11.1. The summed E-state index contributed by atoms with van der Waals surface area (Å²) in [4.78, 5) is 28.4. The van der Waals surface area contributed by atoms with Crippen molar-refractivity contribution in [2.75, 3.05) is 4.90 Å². The van der Waals surface area contributed by atoms with E-state index in [1.54, 1.807) is 25.1 Å². The van der Waals surface area contributed by atoms with Crippen LogP contribution in [0.5, 0.6) is 11.5 Å². The van der Waals surface area contributed by atoms with E-state index in [1.807, 2.05) is 69.3 Å². The molecule has 0 aliphatic carbocycles. The molecule has 6 nitrogen and oxygen atoms in total. The molecule has 0 radical (unpaired) electrons. The lowest BCUT2D eigenvalue weighted by atomic mass is 10.2. The van der Waals surface area contributed by atoms with Gasteiger partial charge in [-0.3, -0.25) is 0 Å². The number of hydrogen-bond acceptors (Lipinski definition) is 6. The first-order valence-electron chi connectivity index (χ1n) is 11.1. The monoisotopic (exact) mass is 489 g/mol. The van der Waals surface area contributed by atoms with Crippen molar-refractivity contribution in [2.24, 2.45) is 0 Å². The maximum absolute atomic E-state index is 13.3. The summed E-state index contributed by atoms with van der Waals surface area (Å²) in [5.74, 6) is 0.539. The number of benzene rings is 3. The Morgan fingerprint density at radius 1 is 0.914 bits per heavy atom. The molecule has 0 saturated carbocycles. The lowest BCUT2D eigenvalue weighted by Gasteiger charge is -2.33. The molecule has 35 heavy (non-hydrogen) atoms. The highest BCUT2D eigenvalue weighted by Gasteiger charge is 2.32. The van der Waals surface area contributed by atoms with Gasteiger partial charge in [-0.25, -0.2) is 14.5 Å². The van der Waals surface area contributed by atoms with Crippen molar-refractivity contribution in [3.05, 3.63) is 84.4 Å². The third-order valence-corrected chi connectivity index (χ3v) is 6.04. The molecular formula is C28H27NO5S. The Morgan fingerprint density at radius 2 is 1.51 bits per heavy atom. The van der Waals surface area contributed by atoms with E-state index in [-0.39, 0.29) is 0 Å². The minimum absolute atomic E-state index is 0.302. The molecule has 0 atom stereocenters. The first kappa shape index (κ1) is 24.4. The van der Waals surface area contributed by atoms with Gasteiger partial charge in [0.25, 0.3) is 0 Å². The molecule has 4 rings (SSSR count). The van der Waals surface area contributed by atoms with Crippen LogP contribution in [0.1, 0.15) is 33.3 Å². The van der Waals surface area contributed by atoms with Crippen molar-refractivity contribution in [1.82, 2.24) is 0 Å². The van der Waals surface area contributed by atoms with Gasteiger partial charge in [-0.05, 0) is 69.7 Å². The fraction of sp³-hybridized carbons (Fsp3) is 0.214. The predicted octanol–water partition coefficient (Wildman–Crippen LogP) is 7.28. The van der Waals surface area contributed by atoms with Gasteiger partial charge in [-0.2, -0.15) is 0 Å². The summed E-state index contributed by atoms with van der Waals surface area (Å²) in [6.07, 6.45) is -0.495. The third kappa shape index (κ3) is 5.87. The first-order chi connectivity index (χ1) is 16.6. The van der Waals surface area contributed by atoms with Gasteiger partial charge in [-0.15, -0.1) is 0 Å². The molecule has 1 aliphatic rings. The summed E-state index contributed by atoms with van der Waals surface area (Å²) >= 11 is 1.46. The average molecular weight is 490 g/mol. The topological polar surface area (TPSA) is 65.1 Å². The molecule has 0 aromatic heterocycles. The zero-order valence-electron chi connectivity index (χ0n) is 20.2.